The summed E-state index contributed by atoms with van der Waals surface area (Å²) in [4.78, 5) is 49.5. The summed E-state index contributed by atoms with van der Waals surface area (Å²) in [6.45, 7) is 0.670. The molecule has 0 unspecified atom stereocenters. The smallest absolute Gasteiger partial charge is 0.241 e. The number of ketones is 1. The summed E-state index contributed by atoms with van der Waals surface area (Å²) in [6.07, 6.45) is 3.06. The molecule has 2 heterocycles. The van der Waals surface area contributed by atoms with Gasteiger partial charge in [0.15, 0.2) is 0 Å². The minimum absolute atomic E-state index is 0.0498. The molecule has 1 N–H and O–H groups in total. The van der Waals surface area contributed by atoms with E-state index in [1.807, 2.05) is 109 Å². The summed E-state index contributed by atoms with van der Waals surface area (Å²) in [5.74, 6) is -1.91. The SMILES string of the molecule is O=C(C1CC1)[C@H]1[C@@]2(C(=O)N(Cc3ccccc3)c3ccccc32)[C@@](O)(C2CC2)C[C@]12C(=O)N(Cc1ccccc1)c1ccccc12. The third kappa shape index (κ3) is 3.53. The molecule has 2 aliphatic heterocycles. The van der Waals surface area contributed by atoms with E-state index in [1.54, 1.807) is 9.80 Å². The average molecular weight is 609 g/mol. The fraction of sp³-hybridized carbons (Fsp3) is 0.325. The third-order valence-corrected chi connectivity index (χ3v) is 11.5. The number of Topliss-reactive ketones (excluding diaryl/α,β-unsaturated/α-hetero) is 1. The van der Waals surface area contributed by atoms with Gasteiger partial charge in [0.05, 0.1) is 30.0 Å². The molecule has 4 aromatic carbocycles. The van der Waals surface area contributed by atoms with Crippen molar-refractivity contribution in [1.29, 1.82) is 0 Å². The number of nitrogens with zero attached hydrogens (tertiary/aromatic N) is 2. The van der Waals surface area contributed by atoms with Crippen LogP contribution in [0.15, 0.2) is 109 Å². The second kappa shape index (κ2) is 9.73. The topological polar surface area (TPSA) is 77.9 Å². The van der Waals surface area contributed by atoms with E-state index < -0.39 is 22.3 Å². The standard InChI is InChI=1S/C40H36N2O4/c43-34(28-19-20-28)35-38(30-15-7-9-17-32(30)41(36(38)44)23-26-11-3-1-4-12-26)25-39(46,29-21-22-29)40(35)31-16-8-10-18-33(31)42(37(40)45)24-27-13-5-2-6-14-27/h1-18,28-29,35,46H,19-25H2/t35-,38-,39+,40+/m1/s1. The van der Waals surface area contributed by atoms with Gasteiger partial charge in [0.25, 0.3) is 0 Å². The molecule has 3 fully saturated rings. The Labute approximate surface area is 268 Å². The molecule has 0 bridgehead atoms. The van der Waals surface area contributed by atoms with Crippen LogP contribution >= 0.6 is 0 Å². The van der Waals surface area contributed by atoms with Gasteiger partial charge in [-0.1, -0.05) is 97.1 Å². The Morgan fingerprint density at radius 3 is 1.72 bits per heavy atom. The molecule has 3 aliphatic carbocycles. The van der Waals surface area contributed by atoms with Crippen LogP contribution in [-0.4, -0.2) is 28.3 Å². The second-order valence-corrected chi connectivity index (χ2v) is 14.1. The first-order chi connectivity index (χ1) is 22.4. The number of hydrogen-bond donors (Lipinski definition) is 1. The van der Waals surface area contributed by atoms with Crippen molar-refractivity contribution in [2.45, 2.75) is 61.6 Å². The van der Waals surface area contributed by atoms with Crippen molar-refractivity contribution < 1.29 is 19.5 Å². The molecule has 2 spiro atoms. The van der Waals surface area contributed by atoms with Crippen LogP contribution in [-0.2, 0) is 38.3 Å². The van der Waals surface area contributed by atoms with Crippen molar-refractivity contribution in [3.63, 3.8) is 0 Å². The van der Waals surface area contributed by atoms with Gasteiger partial charge in [0.1, 0.15) is 11.2 Å². The summed E-state index contributed by atoms with van der Waals surface area (Å²) in [6, 6.07) is 35.2. The van der Waals surface area contributed by atoms with E-state index in [0.717, 1.165) is 53.7 Å². The molecule has 3 saturated carbocycles. The number of amides is 2. The monoisotopic (exact) mass is 608 g/mol. The van der Waals surface area contributed by atoms with E-state index in [-0.39, 0.29) is 35.9 Å². The maximum atomic E-state index is 15.5. The lowest BCUT2D eigenvalue weighted by atomic mass is 9.58. The van der Waals surface area contributed by atoms with Crippen LogP contribution in [0.3, 0.4) is 0 Å². The first-order valence-electron chi connectivity index (χ1n) is 16.6. The molecule has 46 heavy (non-hydrogen) atoms. The fourth-order valence-corrected chi connectivity index (χ4v) is 9.40. The summed E-state index contributed by atoms with van der Waals surface area (Å²) >= 11 is 0. The number of anilines is 2. The first-order valence-corrected chi connectivity index (χ1v) is 16.6. The number of aliphatic hydroxyl groups is 1. The largest absolute Gasteiger partial charge is 0.388 e. The van der Waals surface area contributed by atoms with Gasteiger partial charge in [0, 0.05) is 17.3 Å². The lowest BCUT2D eigenvalue weighted by Gasteiger charge is -2.42. The molecule has 9 rings (SSSR count). The van der Waals surface area contributed by atoms with Gasteiger partial charge in [-0.15, -0.1) is 0 Å². The number of benzene rings is 4. The molecule has 0 saturated heterocycles. The predicted octanol–water partition coefficient (Wildman–Crippen LogP) is 6.10. The van der Waals surface area contributed by atoms with E-state index in [2.05, 4.69) is 0 Å². The van der Waals surface area contributed by atoms with E-state index >= 15 is 14.4 Å². The lowest BCUT2D eigenvalue weighted by molar-refractivity contribution is -0.145. The molecule has 4 atom stereocenters. The maximum Gasteiger partial charge on any atom is 0.241 e. The van der Waals surface area contributed by atoms with Crippen LogP contribution in [0.2, 0.25) is 0 Å². The summed E-state index contributed by atoms with van der Waals surface area (Å²) in [5.41, 5.74) is 0.359. The van der Waals surface area contributed by atoms with Gasteiger partial charge in [-0.3, -0.25) is 14.4 Å². The van der Waals surface area contributed by atoms with Crippen molar-refractivity contribution in [3.8, 4) is 0 Å². The number of carbonyl (C=O) groups is 3. The summed E-state index contributed by atoms with van der Waals surface area (Å²) < 4.78 is 0. The van der Waals surface area contributed by atoms with Crippen molar-refractivity contribution in [2.24, 2.45) is 17.8 Å². The minimum Gasteiger partial charge on any atom is -0.388 e. The van der Waals surface area contributed by atoms with Gasteiger partial charge >= 0.3 is 0 Å². The zero-order valence-electron chi connectivity index (χ0n) is 25.6. The van der Waals surface area contributed by atoms with Crippen LogP contribution in [0.25, 0.3) is 0 Å². The second-order valence-electron chi connectivity index (χ2n) is 14.1. The van der Waals surface area contributed by atoms with Crippen molar-refractivity contribution in [2.75, 3.05) is 9.80 Å². The van der Waals surface area contributed by atoms with E-state index in [4.69, 9.17) is 0 Å². The third-order valence-electron chi connectivity index (χ3n) is 11.5. The van der Waals surface area contributed by atoms with Gasteiger partial charge in [-0.2, -0.15) is 0 Å². The Balaban J connectivity index is 1.30. The Morgan fingerprint density at radius 1 is 0.652 bits per heavy atom. The zero-order valence-corrected chi connectivity index (χ0v) is 25.6. The highest BCUT2D eigenvalue weighted by molar-refractivity contribution is 6.18. The van der Waals surface area contributed by atoms with Crippen LogP contribution in [0, 0.1) is 17.8 Å². The Hall–Kier alpha value is -4.55. The molecule has 0 aromatic heterocycles. The first kappa shape index (κ1) is 27.7. The molecule has 6 nitrogen and oxygen atoms in total. The number of para-hydroxylation sites is 2. The van der Waals surface area contributed by atoms with Crippen LogP contribution in [0.1, 0.15) is 54.4 Å². The van der Waals surface area contributed by atoms with Crippen molar-refractivity contribution in [1.82, 2.24) is 0 Å². The fourth-order valence-electron chi connectivity index (χ4n) is 9.40. The normalized spacial score (nSPS) is 29.5. The van der Waals surface area contributed by atoms with Crippen molar-refractivity contribution >= 4 is 29.0 Å². The van der Waals surface area contributed by atoms with Gasteiger partial charge in [-0.25, -0.2) is 0 Å². The number of rotatable bonds is 7. The molecule has 0 radical (unpaired) electrons. The average Bonchev–Trinajstić information content (AvgIpc) is 4.02. The predicted molar refractivity (Wildman–Crippen MR) is 175 cm³/mol. The van der Waals surface area contributed by atoms with Crippen LogP contribution < -0.4 is 9.80 Å². The number of hydrogen-bond acceptors (Lipinski definition) is 4. The molecular formula is C40H36N2O4. The van der Waals surface area contributed by atoms with E-state index in [1.165, 1.54) is 0 Å². The van der Waals surface area contributed by atoms with Gasteiger partial charge in [-0.05, 0) is 72.4 Å². The molecule has 230 valence electrons. The van der Waals surface area contributed by atoms with E-state index in [0.29, 0.717) is 18.7 Å². The lowest BCUT2D eigenvalue weighted by Crippen LogP contribution is -2.61. The molecule has 6 heteroatoms. The highest BCUT2D eigenvalue weighted by Crippen LogP contribution is 2.73. The van der Waals surface area contributed by atoms with E-state index in [9.17, 15) is 5.11 Å². The molecule has 4 aromatic rings. The Kier molecular flexibility index (Phi) is 5.86. The number of carbonyl (C=O) groups excluding carboxylic acids is 3. The van der Waals surface area contributed by atoms with Crippen LogP contribution in [0.5, 0.6) is 0 Å². The minimum atomic E-state index is -1.58. The highest BCUT2D eigenvalue weighted by Gasteiger charge is 2.83. The Morgan fingerprint density at radius 2 is 1.15 bits per heavy atom. The summed E-state index contributed by atoms with van der Waals surface area (Å²) in [7, 11) is 0. The maximum absolute atomic E-state index is 15.5. The summed E-state index contributed by atoms with van der Waals surface area (Å²) in [5, 5.41) is 13.4. The molecule has 5 aliphatic rings. The number of fused-ring (bicyclic) bond motifs is 4. The highest BCUT2D eigenvalue weighted by atomic mass is 16.3. The molecular weight excluding hydrogens is 572 g/mol. The quantitative estimate of drug-likeness (QED) is 0.275. The van der Waals surface area contributed by atoms with Gasteiger partial charge in [0.2, 0.25) is 11.8 Å². The zero-order chi connectivity index (χ0) is 31.3. The van der Waals surface area contributed by atoms with Gasteiger partial charge < -0.3 is 14.9 Å². The van der Waals surface area contributed by atoms with Crippen molar-refractivity contribution in [3.05, 3.63) is 131 Å². The van der Waals surface area contributed by atoms with Crippen LogP contribution in [0.4, 0.5) is 11.4 Å². The Bertz CT molecular complexity index is 1900. The molecule has 2 amide bonds.